The third kappa shape index (κ3) is 39.2. The van der Waals surface area contributed by atoms with Crippen LogP contribution in [0, 0.1) is 5.41 Å². The molecule has 0 aromatic carbocycles. The van der Waals surface area contributed by atoms with Gasteiger partial charge in [0.05, 0.1) is 5.41 Å². The van der Waals surface area contributed by atoms with Gasteiger partial charge in [0.2, 0.25) is 0 Å². The molecule has 0 bridgehead atoms. The van der Waals surface area contributed by atoms with Crippen LogP contribution in [0.1, 0.15) is 296 Å². The van der Waals surface area contributed by atoms with Crippen molar-refractivity contribution >= 4 is 17.9 Å². The second-order valence-electron chi connectivity index (χ2n) is 17.9. The molecule has 0 radical (unpaired) electrons. The van der Waals surface area contributed by atoms with Crippen molar-refractivity contribution in [2.24, 2.45) is 5.41 Å². The van der Waals surface area contributed by atoms with Crippen molar-refractivity contribution in [2.75, 3.05) is 0 Å². The Labute approximate surface area is 347 Å². The van der Waals surface area contributed by atoms with Crippen molar-refractivity contribution in [2.45, 2.75) is 296 Å². The Morgan fingerprint density at radius 3 is 0.643 bits per heavy atom. The molecule has 6 nitrogen and oxygen atoms in total. The lowest BCUT2D eigenvalue weighted by Gasteiger charge is -2.30. The lowest BCUT2D eigenvalue weighted by molar-refractivity contribution is -0.151. The number of carboxylic acid groups (broad SMARTS) is 3. The van der Waals surface area contributed by atoms with Crippen LogP contribution >= 0.6 is 0 Å². The zero-order valence-corrected chi connectivity index (χ0v) is 37.4. The second-order valence-corrected chi connectivity index (χ2v) is 17.9. The summed E-state index contributed by atoms with van der Waals surface area (Å²) in [6.45, 7) is 2.28. The molecule has 1 atom stereocenters. The lowest BCUT2D eigenvalue weighted by Crippen LogP contribution is -2.31. The van der Waals surface area contributed by atoms with Gasteiger partial charge in [-0.05, 0) is 32.1 Å². The molecular formula is C50H96O6. The first kappa shape index (κ1) is 54.4. The van der Waals surface area contributed by atoms with E-state index in [0.29, 0.717) is 12.8 Å². The van der Waals surface area contributed by atoms with Crippen molar-refractivity contribution < 1.29 is 29.7 Å². The summed E-state index contributed by atoms with van der Waals surface area (Å²) in [4.78, 5) is 34.1. The normalized spacial score (nSPS) is 12.6. The summed E-state index contributed by atoms with van der Waals surface area (Å²) in [6, 6.07) is 0. The Morgan fingerprint density at radius 2 is 0.464 bits per heavy atom. The first-order valence-corrected chi connectivity index (χ1v) is 25.0. The SMILES string of the molecule is CCCCCCCCCCCCCCC(CCCCCCCCCCCCCCCCCC(=O)O)(CCCCCCCCCCCCCCCC(=O)O)C(=O)O. The molecule has 56 heavy (non-hydrogen) atoms. The lowest BCUT2D eigenvalue weighted by atomic mass is 9.74. The highest BCUT2D eigenvalue weighted by Gasteiger charge is 2.36. The van der Waals surface area contributed by atoms with Crippen LogP contribution in [0.3, 0.4) is 0 Å². The summed E-state index contributed by atoms with van der Waals surface area (Å²) >= 11 is 0. The van der Waals surface area contributed by atoms with Gasteiger partial charge in [-0.25, -0.2) is 0 Å². The maximum atomic E-state index is 12.9. The van der Waals surface area contributed by atoms with Gasteiger partial charge in [-0.15, -0.1) is 0 Å². The van der Waals surface area contributed by atoms with Gasteiger partial charge < -0.3 is 15.3 Å². The van der Waals surface area contributed by atoms with Crippen LogP contribution < -0.4 is 0 Å². The van der Waals surface area contributed by atoms with Crippen LogP contribution in [0.5, 0.6) is 0 Å². The van der Waals surface area contributed by atoms with E-state index >= 15 is 0 Å². The van der Waals surface area contributed by atoms with Crippen LogP contribution in [0.2, 0.25) is 0 Å². The van der Waals surface area contributed by atoms with E-state index < -0.39 is 23.3 Å². The van der Waals surface area contributed by atoms with Crippen molar-refractivity contribution in [3.05, 3.63) is 0 Å². The molecule has 0 spiro atoms. The summed E-state index contributed by atoms with van der Waals surface area (Å²) in [5.74, 6) is -1.88. The number of carboxylic acids is 3. The molecule has 0 amide bonds. The van der Waals surface area contributed by atoms with Crippen molar-refractivity contribution in [3.8, 4) is 0 Å². The van der Waals surface area contributed by atoms with Crippen molar-refractivity contribution in [3.63, 3.8) is 0 Å². The minimum atomic E-state index is -0.677. The van der Waals surface area contributed by atoms with Crippen LogP contribution in [0.25, 0.3) is 0 Å². The number of unbranched alkanes of at least 4 members (excludes halogenated alkanes) is 37. The molecule has 0 aliphatic carbocycles. The van der Waals surface area contributed by atoms with Crippen LogP contribution in [0.4, 0.5) is 0 Å². The van der Waals surface area contributed by atoms with E-state index in [2.05, 4.69) is 6.92 Å². The Morgan fingerprint density at radius 1 is 0.286 bits per heavy atom. The van der Waals surface area contributed by atoms with Crippen molar-refractivity contribution in [1.29, 1.82) is 0 Å². The summed E-state index contributed by atoms with van der Waals surface area (Å²) in [6.07, 6.45) is 52.7. The van der Waals surface area contributed by atoms with E-state index in [4.69, 9.17) is 10.2 Å². The first-order chi connectivity index (χ1) is 27.3. The molecule has 3 N–H and O–H groups in total. The third-order valence-corrected chi connectivity index (χ3v) is 12.6. The topological polar surface area (TPSA) is 112 Å². The molecule has 332 valence electrons. The molecule has 0 saturated heterocycles. The van der Waals surface area contributed by atoms with Gasteiger partial charge in [0.15, 0.2) is 0 Å². The zero-order chi connectivity index (χ0) is 41.1. The van der Waals surface area contributed by atoms with E-state index in [1.165, 1.54) is 205 Å². The second kappa shape index (κ2) is 43.0. The minimum absolute atomic E-state index is 0.308. The maximum absolute atomic E-state index is 12.9. The largest absolute Gasteiger partial charge is 0.481 e. The maximum Gasteiger partial charge on any atom is 0.309 e. The van der Waals surface area contributed by atoms with Gasteiger partial charge in [0.25, 0.3) is 0 Å². The summed E-state index contributed by atoms with van der Waals surface area (Å²) < 4.78 is 0. The quantitative estimate of drug-likeness (QED) is 0.0529. The highest BCUT2D eigenvalue weighted by atomic mass is 16.4. The van der Waals surface area contributed by atoms with E-state index in [-0.39, 0.29) is 0 Å². The molecule has 0 heterocycles. The zero-order valence-electron chi connectivity index (χ0n) is 37.4. The van der Waals surface area contributed by atoms with Crippen molar-refractivity contribution in [1.82, 2.24) is 0 Å². The minimum Gasteiger partial charge on any atom is -0.481 e. The molecule has 0 saturated carbocycles. The van der Waals surface area contributed by atoms with Crippen LogP contribution in [-0.4, -0.2) is 33.2 Å². The highest BCUT2D eigenvalue weighted by molar-refractivity contribution is 5.74. The van der Waals surface area contributed by atoms with E-state index in [9.17, 15) is 19.5 Å². The predicted molar refractivity (Wildman–Crippen MR) is 239 cm³/mol. The fourth-order valence-corrected chi connectivity index (χ4v) is 8.72. The van der Waals surface area contributed by atoms with E-state index in [1.807, 2.05) is 0 Å². The molecule has 0 aliphatic heterocycles. The Balaban J connectivity index is 4.31. The molecule has 1 unspecified atom stereocenters. The monoisotopic (exact) mass is 793 g/mol. The standard InChI is InChI=1S/C50H96O6/c1-2-3-4-5-6-7-8-19-24-29-34-39-44-50(49(55)56,46-41-36-31-26-21-16-12-14-18-23-28-33-38-43-48(53)54)45-40-35-30-25-20-15-11-9-10-13-17-22-27-32-37-42-47(51)52/h2-46H2,1H3,(H,51,52)(H,53,54)(H,55,56). The number of rotatable bonds is 48. The molecule has 0 aromatic heterocycles. The Kier molecular flexibility index (Phi) is 41.8. The summed E-state index contributed by atoms with van der Waals surface area (Å²) in [7, 11) is 0. The predicted octanol–water partition coefficient (Wildman–Crippen LogP) is 16.8. The van der Waals surface area contributed by atoms with Gasteiger partial charge in [-0.3, -0.25) is 14.4 Å². The summed E-state index contributed by atoms with van der Waals surface area (Å²) in [5.41, 5.74) is -0.523. The number of aliphatic carboxylic acids is 3. The average molecular weight is 793 g/mol. The van der Waals surface area contributed by atoms with Gasteiger partial charge in [0, 0.05) is 12.8 Å². The number of hydrogen-bond donors (Lipinski definition) is 3. The first-order valence-electron chi connectivity index (χ1n) is 25.0. The molecule has 6 heteroatoms. The fraction of sp³-hybridized carbons (Fsp3) is 0.940. The smallest absolute Gasteiger partial charge is 0.309 e. The van der Waals surface area contributed by atoms with E-state index in [1.54, 1.807) is 0 Å². The van der Waals surface area contributed by atoms with Crippen LogP contribution in [-0.2, 0) is 14.4 Å². The van der Waals surface area contributed by atoms with Crippen LogP contribution in [0.15, 0.2) is 0 Å². The Bertz CT molecular complexity index is 858. The number of hydrogen-bond acceptors (Lipinski definition) is 3. The third-order valence-electron chi connectivity index (χ3n) is 12.6. The Hall–Kier alpha value is -1.59. The molecular weight excluding hydrogens is 697 g/mol. The number of carbonyl (C=O) groups is 3. The molecule has 0 rings (SSSR count). The highest BCUT2D eigenvalue weighted by Crippen LogP contribution is 2.38. The average Bonchev–Trinajstić information content (AvgIpc) is 3.17. The fourth-order valence-electron chi connectivity index (χ4n) is 8.72. The summed E-state index contributed by atoms with van der Waals surface area (Å²) in [5, 5.41) is 28.1. The molecule has 0 fully saturated rings. The molecule has 0 aliphatic rings. The van der Waals surface area contributed by atoms with Gasteiger partial charge in [-0.1, -0.05) is 251 Å². The molecule has 0 aromatic rings. The van der Waals surface area contributed by atoms with Gasteiger partial charge >= 0.3 is 17.9 Å². The van der Waals surface area contributed by atoms with Gasteiger partial charge in [0.1, 0.15) is 0 Å². The van der Waals surface area contributed by atoms with Gasteiger partial charge in [-0.2, -0.15) is 0 Å². The van der Waals surface area contributed by atoms with E-state index in [0.717, 1.165) is 70.6 Å².